The zero-order valence-electron chi connectivity index (χ0n) is 17.5. The number of nitrogens with one attached hydrogen (secondary N) is 2. The van der Waals surface area contributed by atoms with Crippen molar-refractivity contribution in [1.82, 2.24) is 9.97 Å². The highest BCUT2D eigenvalue weighted by atomic mass is 16.5. The average Bonchev–Trinajstić information content (AvgIpc) is 2.80. The van der Waals surface area contributed by atoms with Crippen LogP contribution in [0.5, 0.6) is 5.75 Å². The van der Waals surface area contributed by atoms with E-state index in [0.717, 1.165) is 38.0 Å². The van der Waals surface area contributed by atoms with Crippen LogP contribution >= 0.6 is 0 Å². The summed E-state index contributed by atoms with van der Waals surface area (Å²) in [5.41, 5.74) is 1.39. The fourth-order valence-electron chi connectivity index (χ4n) is 3.09. The number of rotatable bonds is 13. The number of unbranched alkanes of at least 4 members (excludes halogenated alkanes) is 2. The maximum absolute atomic E-state index is 11.5. The highest BCUT2D eigenvalue weighted by Crippen LogP contribution is 2.15. The van der Waals surface area contributed by atoms with Gasteiger partial charge < -0.3 is 20.5 Å². The van der Waals surface area contributed by atoms with Gasteiger partial charge in [-0.2, -0.15) is 4.98 Å². The van der Waals surface area contributed by atoms with E-state index in [1.54, 1.807) is 0 Å². The van der Waals surface area contributed by atoms with Gasteiger partial charge in [-0.1, -0.05) is 55.0 Å². The average molecular weight is 421 g/mol. The van der Waals surface area contributed by atoms with Crippen LogP contribution in [0.15, 0.2) is 66.9 Å². The predicted molar refractivity (Wildman–Crippen MR) is 122 cm³/mol. The third-order valence-electron chi connectivity index (χ3n) is 4.69. The Labute approximate surface area is 182 Å². The minimum atomic E-state index is -1.07. The molecule has 1 aromatic heterocycles. The molecule has 0 aliphatic heterocycles. The molecule has 7 heteroatoms. The van der Waals surface area contributed by atoms with Crippen molar-refractivity contribution in [2.45, 2.75) is 25.7 Å². The van der Waals surface area contributed by atoms with Crippen LogP contribution in [0, 0.1) is 0 Å². The largest absolute Gasteiger partial charge is 0.492 e. The van der Waals surface area contributed by atoms with Crippen LogP contribution in [0.2, 0.25) is 0 Å². The first-order valence-corrected chi connectivity index (χ1v) is 10.5. The zero-order valence-corrected chi connectivity index (χ0v) is 17.5. The molecule has 0 aliphatic rings. The van der Waals surface area contributed by atoms with Gasteiger partial charge in [0.25, 0.3) is 0 Å². The summed E-state index contributed by atoms with van der Waals surface area (Å²) >= 11 is 0. The first kappa shape index (κ1) is 22.1. The van der Waals surface area contributed by atoms with Gasteiger partial charge in [0.1, 0.15) is 23.7 Å². The summed E-state index contributed by atoms with van der Waals surface area (Å²) in [6, 6.07) is 19.9. The second-order valence-electron chi connectivity index (χ2n) is 7.07. The molecule has 0 saturated heterocycles. The van der Waals surface area contributed by atoms with Gasteiger partial charge in [0, 0.05) is 12.7 Å². The van der Waals surface area contributed by atoms with E-state index >= 15 is 0 Å². The van der Waals surface area contributed by atoms with Gasteiger partial charge in [0.05, 0.1) is 6.54 Å². The molecular formula is C24H28N4O3. The summed E-state index contributed by atoms with van der Waals surface area (Å²) in [5, 5.41) is 15.6. The van der Waals surface area contributed by atoms with Gasteiger partial charge in [-0.15, -0.1) is 0 Å². The molecule has 162 valence electrons. The first-order chi connectivity index (χ1) is 15.2. The van der Waals surface area contributed by atoms with Crippen LogP contribution < -0.4 is 15.4 Å². The Morgan fingerprint density at radius 2 is 1.65 bits per heavy atom. The first-order valence-electron chi connectivity index (χ1n) is 10.5. The van der Waals surface area contributed by atoms with Crippen LogP contribution in [0.1, 0.15) is 35.2 Å². The van der Waals surface area contributed by atoms with E-state index in [1.165, 1.54) is 11.8 Å². The highest BCUT2D eigenvalue weighted by molar-refractivity contribution is 5.92. The zero-order chi connectivity index (χ0) is 21.7. The Hall–Kier alpha value is -3.61. The van der Waals surface area contributed by atoms with Gasteiger partial charge in [-0.25, -0.2) is 9.78 Å². The van der Waals surface area contributed by atoms with Crippen LogP contribution in [-0.4, -0.2) is 40.7 Å². The summed E-state index contributed by atoms with van der Waals surface area (Å²) in [7, 11) is 0. The van der Waals surface area contributed by atoms with E-state index in [9.17, 15) is 9.90 Å². The maximum atomic E-state index is 11.5. The lowest BCUT2D eigenvalue weighted by atomic mass is 10.1. The van der Waals surface area contributed by atoms with Crippen LogP contribution in [-0.2, 0) is 6.42 Å². The molecule has 7 nitrogen and oxygen atoms in total. The van der Waals surface area contributed by atoms with Gasteiger partial charge in [-0.3, -0.25) is 0 Å². The molecular weight excluding hydrogens is 392 g/mol. The smallest absolute Gasteiger partial charge is 0.341 e. The minimum absolute atomic E-state index is 0.0353. The Balaban J connectivity index is 1.42. The van der Waals surface area contributed by atoms with Crippen molar-refractivity contribution in [1.29, 1.82) is 0 Å². The Morgan fingerprint density at radius 1 is 0.903 bits per heavy atom. The Morgan fingerprint density at radius 3 is 2.39 bits per heavy atom. The summed E-state index contributed by atoms with van der Waals surface area (Å²) in [6.45, 7) is 1.54. The molecule has 0 unspecified atom stereocenters. The number of hydrogen-bond acceptors (Lipinski definition) is 6. The monoisotopic (exact) mass is 420 g/mol. The van der Waals surface area contributed by atoms with Gasteiger partial charge in [0.2, 0.25) is 5.95 Å². The van der Waals surface area contributed by atoms with Crippen LogP contribution in [0.25, 0.3) is 0 Å². The number of aromatic carboxylic acids is 1. The van der Waals surface area contributed by atoms with Crippen LogP contribution in [0.3, 0.4) is 0 Å². The highest BCUT2D eigenvalue weighted by Gasteiger charge is 2.13. The van der Waals surface area contributed by atoms with Crippen molar-refractivity contribution in [2.75, 3.05) is 30.3 Å². The number of carboxylic acids is 1. The second kappa shape index (κ2) is 12.2. The van der Waals surface area contributed by atoms with E-state index < -0.39 is 5.97 Å². The molecule has 3 rings (SSSR count). The van der Waals surface area contributed by atoms with Crippen LogP contribution in [0.4, 0.5) is 11.8 Å². The second-order valence-corrected chi connectivity index (χ2v) is 7.07. The van der Waals surface area contributed by atoms with Crippen molar-refractivity contribution in [3.05, 3.63) is 78.0 Å². The molecule has 0 spiro atoms. The predicted octanol–water partition coefficient (Wildman–Crippen LogP) is 4.49. The molecule has 2 aromatic carbocycles. The molecule has 3 aromatic rings. The van der Waals surface area contributed by atoms with Crippen molar-refractivity contribution in [2.24, 2.45) is 0 Å². The van der Waals surface area contributed by atoms with Gasteiger partial charge >= 0.3 is 5.97 Å². The number of aromatic nitrogens is 2. The fourth-order valence-corrected chi connectivity index (χ4v) is 3.09. The Bertz CT molecular complexity index is 936. The molecule has 0 radical (unpaired) electrons. The maximum Gasteiger partial charge on any atom is 0.341 e. The molecule has 0 amide bonds. The normalized spacial score (nSPS) is 10.5. The third-order valence-corrected chi connectivity index (χ3v) is 4.69. The topological polar surface area (TPSA) is 96.4 Å². The number of nitrogens with zero attached hydrogens (tertiary/aromatic N) is 2. The lowest BCUT2D eigenvalue weighted by Crippen LogP contribution is -2.17. The molecule has 0 atom stereocenters. The van der Waals surface area contributed by atoms with Crippen molar-refractivity contribution in [3.63, 3.8) is 0 Å². The van der Waals surface area contributed by atoms with E-state index in [1.807, 2.05) is 36.4 Å². The molecule has 1 heterocycles. The quantitative estimate of drug-likeness (QED) is 0.351. The van der Waals surface area contributed by atoms with E-state index in [2.05, 4.69) is 44.9 Å². The van der Waals surface area contributed by atoms with E-state index in [-0.39, 0.29) is 11.4 Å². The van der Waals surface area contributed by atoms with Gasteiger partial charge in [0.15, 0.2) is 0 Å². The number of benzene rings is 2. The molecule has 3 N–H and O–H groups in total. The van der Waals surface area contributed by atoms with Crippen molar-refractivity contribution < 1.29 is 14.6 Å². The number of para-hydroxylation sites is 1. The Kier molecular flexibility index (Phi) is 8.67. The summed E-state index contributed by atoms with van der Waals surface area (Å²) < 4.78 is 5.62. The number of aryl methyl sites for hydroxylation is 1. The number of ether oxygens (including phenoxy) is 1. The molecule has 0 aliphatic carbocycles. The molecule has 0 fully saturated rings. The number of hydrogen-bond donors (Lipinski definition) is 3. The number of carboxylic acid groups (broad SMARTS) is 1. The molecule has 0 bridgehead atoms. The summed E-state index contributed by atoms with van der Waals surface area (Å²) in [6.07, 6.45) is 5.61. The molecule has 0 saturated carbocycles. The molecule has 31 heavy (non-hydrogen) atoms. The lowest BCUT2D eigenvalue weighted by molar-refractivity contribution is 0.0697. The SMILES string of the molecule is O=C(O)c1cnc(NCCCCCc2ccccc2)nc1NCCOc1ccccc1. The van der Waals surface area contributed by atoms with Crippen molar-refractivity contribution >= 4 is 17.7 Å². The van der Waals surface area contributed by atoms with Gasteiger partial charge in [-0.05, 0) is 37.0 Å². The third kappa shape index (κ3) is 7.62. The lowest BCUT2D eigenvalue weighted by Gasteiger charge is -2.12. The number of carbonyl (C=O) groups is 1. The summed E-state index contributed by atoms with van der Waals surface area (Å²) in [4.78, 5) is 19.9. The fraction of sp³-hybridized carbons (Fsp3) is 0.292. The minimum Gasteiger partial charge on any atom is -0.492 e. The standard InChI is InChI=1S/C24H28N4O3/c29-23(30)21-18-27-24(26-15-9-3-6-12-19-10-4-1-5-11-19)28-22(21)25-16-17-31-20-13-7-2-8-14-20/h1-2,4-5,7-8,10-11,13-14,18H,3,6,9,12,15-17H2,(H,29,30)(H2,25,26,27,28). The van der Waals surface area contributed by atoms with Crippen molar-refractivity contribution in [3.8, 4) is 5.75 Å². The number of anilines is 2. The summed E-state index contributed by atoms with van der Waals surface area (Å²) in [5.74, 6) is 0.393. The van der Waals surface area contributed by atoms with E-state index in [0.29, 0.717) is 19.1 Å². The van der Waals surface area contributed by atoms with E-state index in [4.69, 9.17) is 4.74 Å².